The van der Waals surface area contributed by atoms with Crippen LogP contribution in [0.3, 0.4) is 0 Å². The van der Waals surface area contributed by atoms with Gasteiger partial charge in [0.25, 0.3) is 5.91 Å². The number of sulfone groups is 1. The first-order valence-corrected chi connectivity index (χ1v) is 10.00. The summed E-state index contributed by atoms with van der Waals surface area (Å²) in [6.45, 7) is 0.373. The Bertz CT molecular complexity index is 831. The molecule has 0 saturated carbocycles. The van der Waals surface area contributed by atoms with Crippen LogP contribution in [-0.2, 0) is 16.4 Å². The molecular weight excluding hydrogens is 338 g/mol. The highest BCUT2D eigenvalue weighted by atomic mass is 32.2. The summed E-state index contributed by atoms with van der Waals surface area (Å²) in [6.07, 6.45) is 0.483. The molecule has 0 aliphatic carbocycles. The molecular formula is C19H21NO4S. The van der Waals surface area contributed by atoms with Gasteiger partial charge in [0.05, 0.1) is 18.6 Å². The zero-order chi connectivity index (χ0) is 17.9. The van der Waals surface area contributed by atoms with Gasteiger partial charge in [-0.3, -0.25) is 4.79 Å². The minimum Gasteiger partial charge on any atom is -0.497 e. The number of amides is 1. The van der Waals surface area contributed by atoms with Gasteiger partial charge in [-0.05, 0) is 36.2 Å². The largest absolute Gasteiger partial charge is 0.497 e. The van der Waals surface area contributed by atoms with E-state index in [0.717, 1.165) is 11.3 Å². The molecule has 2 aromatic carbocycles. The van der Waals surface area contributed by atoms with E-state index in [-0.39, 0.29) is 23.5 Å². The molecule has 0 radical (unpaired) electrons. The highest BCUT2D eigenvalue weighted by Gasteiger charge is 2.35. The molecule has 6 heteroatoms. The lowest BCUT2D eigenvalue weighted by molar-refractivity contribution is 0.0681. The summed E-state index contributed by atoms with van der Waals surface area (Å²) in [5.74, 6) is 0.771. The number of hydrogen-bond donors (Lipinski definition) is 0. The molecule has 0 bridgehead atoms. The van der Waals surface area contributed by atoms with E-state index in [4.69, 9.17) is 4.74 Å². The van der Waals surface area contributed by atoms with Crippen LogP contribution in [0, 0.1) is 0 Å². The van der Waals surface area contributed by atoms with Crippen molar-refractivity contribution in [2.45, 2.75) is 19.0 Å². The van der Waals surface area contributed by atoms with E-state index in [1.807, 2.05) is 42.5 Å². The summed E-state index contributed by atoms with van der Waals surface area (Å²) in [5.41, 5.74) is 1.51. The average molecular weight is 359 g/mol. The summed E-state index contributed by atoms with van der Waals surface area (Å²) in [5, 5.41) is 0. The molecule has 1 aliphatic heterocycles. The van der Waals surface area contributed by atoms with Crippen LogP contribution in [-0.4, -0.2) is 43.9 Å². The van der Waals surface area contributed by atoms with E-state index in [1.54, 1.807) is 24.1 Å². The molecule has 1 saturated heterocycles. The molecule has 1 fully saturated rings. The fourth-order valence-electron chi connectivity index (χ4n) is 3.06. The van der Waals surface area contributed by atoms with Crippen molar-refractivity contribution in [3.05, 3.63) is 65.7 Å². The predicted molar refractivity (Wildman–Crippen MR) is 96.4 cm³/mol. The average Bonchev–Trinajstić information content (AvgIpc) is 3.00. The molecule has 25 heavy (non-hydrogen) atoms. The molecule has 1 atom stereocenters. The third kappa shape index (κ3) is 4.20. The van der Waals surface area contributed by atoms with Gasteiger partial charge < -0.3 is 9.64 Å². The Morgan fingerprint density at radius 2 is 1.80 bits per heavy atom. The first-order chi connectivity index (χ1) is 12.0. The quantitative estimate of drug-likeness (QED) is 0.823. The van der Waals surface area contributed by atoms with Gasteiger partial charge in [-0.15, -0.1) is 0 Å². The lowest BCUT2D eigenvalue weighted by Gasteiger charge is -2.28. The number of benzene rings is 2. The maximum absolute atomic E-state index is 13.0. The van der Waals surface area contributed by atoms with Crippen molar-refractivity contribution < 1.29 is 17.9 Å². The fraction of sp³-hybridized carbons (Fsp3) is 0.316. The molecule has 2 aromatic rings. The van der Waals surface area contributed by atoms with Crippen LogP contribution in [0.15, 0.2) is 54.6 Å². The van der Waals surface area contributed by atoms with Crippen molar-refractivity contribution in [2.75, 3.05) is 18.6 Å². The van der Waals surface area contributed by atoms with Crippen molar-refractivity contribution in [2.24, 2.45) is 0 Å². The Labute approximate surface area is 148 Å². The third-order valence-corrected chi connectivity index (χ3v) is 6.19. The summed E-state index contributed by atoms with van der Waals surface area (Å²) < 4.78 is 28.9. The Balaban J connectivity index is 1.87. The normalized spacial score (nSPS) is 18.7. The van der Waals surface area contributed by atoms with Gasteiger partial charge in [-0.2, -0.15) is 0 Å². The highest BCUT2D eigenvalue weighted by Crippen LogP contribution is 2.23. The number of ether oxygens (including phenoxy) is 1. The number of methoxy groups -OCH3 is 1. The number of rotatable bonds is 5. The van der Waals surface area contributed by atoms with Gasteiger partial charge in [0.15, 0.2) is 9.84 Å². The van der Waals surface area contributed by atoms with Crippen LogP contribution in [0.2, 0.25) is 0 Å². The van der Waals surface area contributed by atoms with Gasteiger partial charge >= 0.3 is 0 Å². The monoisotopic (exact) mass is 359 g/mol. The van der Waals surface area contributed by atoms with Gasteiger partial charge in [0.2, 0.25) is 0 Å². The smallest absolute Gasteiger partial charge is 0.254 e. The lowest BCUT2D eigenvalue weighted by Crippen LogP contribution is -2.40. The number of nitrogens with zero attached hydrogens (tertiary/aromatic N) is 1. The first-order valence-electron chi connectivity index (χ1n) is 8.18. The van der Waals surface area contributed by atoms with E-state index >= 15 is 0 Å². The molecule has 0 N–H and O–H groups in total. The second kappa shape index (κ2) is 7.27. The molecule has 1 heterocycles. The Morgan fingerprint density at radius 1 is 1.12 bits per heavy atom. The van der Waals surface area contributed by atoms with Crippen molar-refractivity contribution in [3.63, 3.8) is 0 Å². The van der Waals surface area contributed by atoms with Crippen LogP contribution in [0.25, 0.3) is 0 Å². The zero-order valence-electron chi connectivity index (χ0n) is 14.1. The molecule has 0 spiro atoms. The summed E-state index contributed by atoms with van der Waals surface area (Å²) in [4.78, 5) is 14.7. The Hall–Kier alpha value is -2.34. The molecule has 1 aliphatic rings. The lowest BCUT2D eigenvalue weighted by atomic mass is 10.1. The second-order valence-electron chi connectivity index (χ2n) is 6.20. The van der Waals surface area contributed by atoms with E-state index < -0.39 is 9.84 Å². The van der Waals surface area contributed by atoms with Crippen LogP contribution in [0.5, 0.6) is 5.75 Å². The van der Waals surface area contributed by atoms with Crippen molar-refractivity contribution in [1.82, 2.24) is 4.90 Å². The maximum Gasteiger partial charge on any atom is 0.254 e. The molecule has 1 amide bonds. The van der Waals surface area contributed by atoms with Crippen molar-refractivity contribution >= 4 is 15.7 Å². The standard InChI is InChI=1S/C19H21NO4S/c1-24-18-9-7-15(8-10-18)13-20(17-11-12-25(22,23)14-17)19(21)16-5-3-2-4-6-16/h2-10,17H,11-14H2,1H3/t17-/m1/s1. The van der Waals surface area contributed by atoms with Crippen LogP contribution in [0.1, 0.15) is 22.3 Å². The van der Waals surface area contributed by atoms with Gasteiger partial charge in [-0.25, -0.2) is 8.42 Å². The van der Waals surface area contributed by atoms with Crippen LogP contribution in [0.4, 0.5) is 0 Å². The molecule has 3 rings (SSSR count). The SMILES string of the molecule is COc1ccc(CN(C(=O)c2ccccc2)[C@@H]2CCS(=O)(=O)C2)cc1. The first kappa shape index (κ1) is 17.5. The molecule has 5 nitrogen and oxygen atoms in total. The van der Waals surface area contributed by atoms with Crippen LogP contribution < -0.4 is 4.74 Å². The van der Waals surface area contributed by atoms with Gasteiger partial charge in [-0.1, -0.05) is 30.3 Å². The van der Waals surface area contributed by atoms with E-state index in [2.05, 4.69) is 0 Å². The van der Waals surface area contributed by atoms with E-state index in [1.165, 1.54) is 0 Å². The minimum atomic E-state index is -3.07. The van der Waals surface area contributed by atoms with Crippen molar-refractivity contribution in [3.8, 4) is 5.75 Å². The molecule has 132 valence electrons. The highest BCUT2D eigenvalue weighted by molar-refractivity contribution is 7.91. The van der Waals surface area contributed by atoms with Gasteiger partial charge in [0.1, 0.15) is 5.75 Å². The molecule has 0 aromatic heterocycles. The van der Waals surface area contributed by atoms with Crippen LogP contribution >= 0.6 is 0 Å². The minimum absolute atomic E-state index is 0.0295. The summed E-state index contributed by atoms with van der Waals surface area (Å²) in [7, 11) is -1.47. The number of hydrogen-bond acceptors (Lipinski definition) is 4. The zero-order valence-corrected chi connectivity index (χ0v) is 14.9. The van der Waals surface area contributed by atoms with Gasteiger partial charge in [0, 0.05) is 18.2 Å². The van der Waals surface area contributed by atoms with E-state index in [0.29, 0.717) is 18.5 Å². The number of carbonyl (C=O) groups is 1. The fourth-order valence-corrected chi connectivity index (χ4v) is 4.79. The number of carbonyl (C=O) groups excluding carboxylic acids is 1. The maximum atomic E-state index is 13.0. The van der Waals surface area contributed by atoms with Crippen molar-refractivity contribution in [1.29, 1.82) is 0 Å². The second-order valence-corrected chi connectivity index (χ2v) is 8.43. The Morgan fingerprint density at radius 3 is 2.36 bits per heavy atom. The van der Waals surface area contributed by atoms with E-state index in [9.17, 15) is 13.2 Å². The predicted octanol–water partition coefficient (Wildman–Crippen LogP) is 2.52. The topological polar surface area (TPSA) is 63.7 Å². The summed E-state index contributed by atoms with van der Waals surface area (Å²) in [6, 6.07) is 16.2. The Kier molecular flexibility index (Phi) is 5.08. The molecule has 0 unspecified atom stereocenters. The third-order valence-electron chi connectivity index (χ3n) is 4.44. The summed E-state index contributed by atoms with van der Waals surface area (Å²) >= 11 is 0.